The maximum absolute atomic E-state index is 11.7. The number of amides is 2. The lowest BCUT2D eigenvalue weighted by atomic mass is 9.97. The van der Waals surface area contributed by atoms with Gasteiger partial charge in [-0.3, -0.25) is 5.21 Å². The van der Waals surface area contributed by atoms with E-state index in [9.17, 15) is 10.0 Å². The van der Waals surface area contributed by atoms with Crippen LogP contribution in [0, 0.1) is 6.92 Å². The van der Waals surface area contributed by atoms with E-state index in [2.05, 4.69) is 28.4 Å². The molecular weight excluding hydrogens is 330 g/mol. The fourth-order valence-corrected chi connectivity index (χ4v) is 3.40. The summed E-state index contributed by atoms with van der Waals surface area (Å²) < 4.78 is 5.32. The number of ether oxygens (including phenoxy) is 1. The largest absolute Gasteiger partial charge is 0.497 e. The fourth-order valence-electron chi connectivity index (χ4n) is 3.40. The Morgan fingerprint density at radius 3 is 2.88 bits per heavy atom. The van der Waals surface area contributed by atoms with Crippen LogP contribution in [0.15, 0.2) is 36.4 Å². The molecule has 1 aliphatic rings. The number of nitrogens with zero attached hydrogens (tertiary/aromatic N) is 2. The van der Waals surface area contributed by atoms with Gasteiger partial charge in [-0.25, -0.2) is 4.79 Å². The molecule has 3 rings (SSSR count). The highest BCUT2D eigenvalue weighted by Gasteiger charge is 2.22. The highest BCUT2D eigenvalue weighted by Crippen LogP contribution is 2.34. The molecule has 6 nitrogen and oxygen atoms in total. The Labute approximate surface area is 153 Å². The van der Waals surface area contributed by atoms with E-state index in [1.165, 1.54) is 12.6 Å². The highest BCUT2D eigenvalue weighted by molar-refractivity contribution is 5.90. The molecule has 2 N–H and O–H groups in total. The Balaban J connectivity index is 1.90. The van der Waals surface area contributed by atoms with Crippen molar-refractivity contribution in [1.29, 1.82) is 0 Å². The van der Waals surface area contributed by atoms with Gasteiger partial charge in [0.1, 0.15) is 5.75 Å². The van der Waals surface area contributed by atoms with Crippen LogP contribution in [-0.4, -0.2) is 31.9 Å². The molecule has 0 saturated heterocycles. The van der Waals surface area contributed by atoms with E-state index in [1.54, 1.807) is 7.11 Å². The van der Waals surface area contributed by atoms with Gasteiger partial charge in [0.15, 0.2) is 0 Å². The number of benzene rings is 2. The zero-order valence-corrected chi connectivity index (χ0v) is 15.5. The number of carbonyl (C=O) groups excluding carboxylic acids is 1. The van der Waals surface area contributed by atoms with Crippen molar-refractivity contribution in [2.75, 3.05) is 30.7 Å². The van der Waals surface area contributed by atoms with Crippen molar-refractivity contribution in [2.45, 2.75) is 26.3 Å². The van der Waals surface area contributed by atoms with Crippen LogP contribution in [0.2, 0.25) is 0 Å². The lowest BCUT2D eigenvalue weighted by Gasteiger charge is -2.33. The molecule has 0 atom stereocenters. The number of hydrogen-bond donors (Lipinski definition) is 2. The van der Waals surface area contributed by atoms with Gasteiger partial charge in [-0.15, -0.1) is 0 Å². The van der Waals surface area contributed by atoms with E-state index in [1.807, 2.05) is 25.1 Å². The number of aryl methyl sites for hydroxylation is 2. The van der Waals surface area contributed by atoms with Crippen LogP contribution in [0.4, 0.5) is 16.2 Å². The number of nitrogens with one attached hydrogen (secondary N) is 1. The van der Waals surface area contributed by atoms with Gasteiger partial charge in [-0.1, -0.05) is 12.1 Å². The summed E-state index contributed by atoms with van der Waals surface area (Å²) >= 11 is 0. The molecule has 0 spiro atoms. The average Bonchev–Trinajstić information content (AvgIpc) is 2.67. The van der Waals surface area contributed by atoms with Crippen LogP contribution < -0.4 is 20.0 Å². The standard InChI is InChI=1S/C20H25N3O3/c1-14-10-19-16(12-18(14)23(25)20(24)21-2)7-5-9-22(19)13-15-6-4-8-17(11-15)26-3/h4,6,8,10-12,25H,5,7,9,13H2,1-3H3,(H,21,24). The van der Waals surface area contributed by atoms with E-state index >= 15 is 0 Å². The van der Waals surface area contributed by atoms with E-state index in [4.69, 9.17) is 4.74 Å². The third kappa shape index (κ3) is 3.60. The second-order valence-corrected chi connectivity index (χ2v) is 6.51. The Morgan fingerprint density at radius 1 is 1.35 bits per heavy atom. The van der Waals surface area contributed by atoms with Gasteiger partial charge in [-0.05, 0) is 60.7 Å². The molecule has 1 heterocycles. The SMILES string of the molecule is CNC(=O)N(O)c1cc2c(cc1C)N(Cc1cccc(OC)c1)CCC2. The number of fused-ring (bicyclic) bond motifs is 1. The summed E-state index contributed by atoms with van der Waals surface area (Å²) in [6, 6.07) is 11.5. The van der Waals surface area contributed by atoms with Crippen molar-refractivity contribution in [3.63, 3.8) is 0 Å². The molecule has 1 aliphatic heterocycles. The maximum atomic E-state index is 11.7. The van der Waals surface area contributed by atoms with Crippen molar-refractivity contribution in [3.8, 4) is 5.75 Å². The first-order valence-electron chi connectivity index (χ1n) is 8.75. The summed E-state index contributed by atoms with van der Waals surface area (Å²) in [5, 5.41) is 13.2. The third-order valence-corrected chi connectivity index (χ3v) is 4.75. The van der Waals surface area contributed by atoms with Crippen LogP contribution in [0.1, 0.15) is 23.1 Å². The quantitative estimate of drug-likeness (QED) is 0.651. The summed E-state index contributed by atoms with van der Waals surface area (Å²) in [6.45, 7) is 3.67. The molecule has 138 valence electrons. The summed E-state index contributed by atoms with van der Waals surface area (Å²) in [6.07, 6.45) is 1.96. The average molecular weight is 355 g/mol. The molecule has 0 saturated carbocycles. The van der Waals surface area contributed by atoms with Crippen molar-refractivity contribution in [3.05, 3.63) is 53.1 Å². The van der Waals surface area contributed by atoms with Crippen LogP contribution in [0.3, 0.4) is 0 Å². The number of carbonyl (C=O) groups is 1. The monoisotopic (exact) mass is 355 g/mol. The van der Waals surface area contributed by atoms with E-state index < -0.39 is 6.03 Å². The van der Waals surface area contributed by atoms with Crippen LogP contribution in [0.25, 0.3) is 0 Å². The summed E-state index contributed by atoms with van der Waals surface area (Å²) in [5.74, 6) is 0.854. The molecule has 0 bridgehead atoms. The second kappa shape index (κ2) is 7.66. The highest BCUT2D eigenvalue weighted by atomic mass is 16.5. The first-order chi connectivity index (χ1) is 12.5. The van der Waals surface area contributed by atoms with Gasteiger partial charge in [0, 0.05) is 25.8 Å². The molecule has 0 unspecified atom stereocenters. The molecule has 0 fully saturated rings. The smallest absolute Gasteiger partial charge is 0.345 e. The molecule has 6 heteroatoms. The van der Waals surface area contributed by atoms with Crippen molar-refractivity contribution >= 4 is 17.4 Å². The minimum absolute atomic E-state index is 0.520. The minimum Gasteiger partial charge on any atom is -0.497 e. The van der Waals surface area contributed by atoms with Gasteiger partial charge in [0.25, 0.3) is 0 Å². The van der Waals surface area contributed by atoms with E-state index in [0.717, 1.165) is 48.5 Å². The maximum Gasteiger partial charge on any atom is 0.345 e. The van der Waals surface area contributed by atoms with Crippen LogP contribution >= 0.6 is 0 Å². The molecule has 2 aromatic rings. The number of methoxy groups -OCH3 is 1. The molecule has 0 aromatic heterocycles. The number of rotatable bonds is 4. The number of hydroxylamine groups is 1. The van der Waals surface area contributed by atoms with Crippen LogP contribution in [0.5, 0.6) is 5.75 Å². The Hall–Kier alpha value is -2.73. The van der Waals surface area contributed by atoms with Crippen molar-refractivity contribution in [2.24, 2.45) is 0 Å². The second-order valence-electron chi connectivity index (χ2n) is 6.51. The van der Waals surface area contributed by atoms with Gasteiger partial charge >= 0.3 is 6.03 Å². The molecule has 2 aromatic carbocycles. The topological polar surface area (TPSA) is 65.0 Å². The lowest BCUT2D eigenvalue weighted by Crippen LogP contribution is -2.36. The van der Waals surface area contributed by atoms with Crippen molar-refractivity contribution < 1.29 is 14.7 Å². The Bertz CT molecular complexity index is 807. The lowest BCUT2D eigenvalue weighted by molar-refractivity contribution is 0.206. The van der Waals surface area contributed by atoms with Crippen molar-refractivity contribution in [1.82, 2.24) is 5.32 Å². The molecule has 2 amide bonds. The zero-order valence-electron chi connectivity index (χ0n) is 15.5. The van der Waals surface area contributed by atoms with Gasteiger partial charge in [0.2, 0.25) is 0 Å². The summed E-state index contributed by atoms with van der Waals surface area (Å²) in [4.78, 5) is 14.1. The molecular formula is C20H25N3O3. The van der Waals surface area contributed by atoms with Crippen LogP contribution in [-0.2, 0) is 13.0 Å². The number of hydrogen-bond acceptors (Lipinski definition) is 4. The first-order valence-corrected chi connectivity index (χ1v) is 8.75. The predicted octanol–water partition coefficient (Wildman–Crippen LogP) is 3.49. The summed E-state index contributed by atoms with van der Waals surface area (Å²) in [5.41, 5.74) is 4.86. The number of anilines is 2. The fraction of sp³-hybridized carbons (Fsp3) is 0.350. The minimum atomic E-state index is -0.544. The van der Waals surface area contributed by atoms with Gasteiger partial charge < -0.3 is 15.0 Å². The zero-order chi connectivity index (χ0) is 18.7. The molecule has 0 radical (unpaired) electrons. The normalized spacial score (nSPS) is 13.2. The molecule has 26 heavy (non-hydrogen) atoms. The Morgan fingerprint density at radius 2 is 2.15 bits per heavy atom. The van der Waals surface area contributed by atoms with E-state index in [-0.39, 0.29) is 0 Å². The van der Waals surface area contributed by atoms with Gasteiger partial charge in [0.05, 0.1) is 12.8 Å². The first kappa shape index (κ1) is 18.1. The van der Waals surface area contributed by atoms with Gasteiger partial charge in [-0.2, -0.15) is 5.06 Å². The third-order valence-electron chi connectivity index (χ3n) is 4.75. The summed E-state index contributed by atoms with van der Waals surface area (Å²) in [7, 11) is 3.17. The van der Waals surface area contributed by atoms with E-state index in [0.29, 0.717) is 10.8 Å². The Kier molecular flexibility index (Phi) is 5.32. The predicted molar refractivity (Wildman–Crippen MR) is 102 cm³/mol. The molecule has 0 aliphatic carbocycles. The number of urea groups is 1.